The molecule has 0 bridgehead atoms. The van der Waals surface area contributed by atoms with Gasteiger partial charge in [0.25, 0.3) is 5.91 Å². The zero-order chi connectivity index (χ0) is 13.8. The molecule has 1 aromatic rings. The van der Waals surface area contributed by atoms with Gasteiger partial charge in [0.2, 0.25) is 0 Å². The van der Waals surface area contributed by atoms with Crippen LogP contribution in [0.1, 0.15) is 19.8 Å². The van der Waals surface area contributed by atoms with E-state index in [0.29, 0.717) is 11.7 Å². The van der Waals surface area contributed by atoms with E-state index in [4.69, 9.17) is 10.00 Å². The van der Waals surface area contributed by atoms with Crippen LogP contribution >= 0.6 is 15.9 Å². The molecule has 1 fully saturated rings. The summed E-state index contributed by atoms with van der Waals surface area (Å²) in [5.74, 6) is 0.670. The standard InChI is InChI=1S/C14H15BrN2O2/c1-9(19-13-5-3-2-4-11(13)15)14(18)17-12(8-16)10-6-7-10/h2-5,9-10,12H,6-7H2,1H3,(H,17,18). The van der Waals surface area contributed by atoms with E-state index in [1.54, 1.807) is 13.0 Å². The number of hydrogen-bond acceptors (Lipinski definition) is 3. The molecule has 5 heteroatoms. The number of hydrogen-bond donors (Lipinski definition) is 1. The average Bonchev–Trinajstić information content (AvgIpc) is 3.22. The van der Waals surface area contributed by atoms with Gasteiger partial charge in [0.15, 0.2) is 6.10 Å². The van der Waals surface area contributed by atoms with Crippen LogP contribution < -0.4 is 10.1 Å². The van der Waals surface area contributed by atoms with Gasteiger partial charge in [-0.2, -0.15) is 5.26 Å². The molecular weight excluding hydrogens is 308 g/mol. The number of carbonyl (C=O) groups is 1. The maximum Gasteiger partial charge on any atom is 0.261 e. The smallest absolute Gasteiger partial charge is 0.261 e. The number of halogens is 1. The van der Waals surface area contributed by atoms with E-state index in [-0.39, 0.29) is 5.91 Å². The molecule has 100 valence electrons. The Bertz CT molecular complexity index is 508. The number of para-hydroxylation sites is 1. The summed E-state index contributed by atoms with van der Waals surface area (Å²) in [6.45, 7) is 1.68. The van der Waals surface area contributed by atoms with Gasteiger partial charge in [0, 0.05) is 0 Å². The second-order valence-corrected chi connectivity index (χ2v) is 5.50. The minimum absolute atomic E-state index is 0.255. The highest BCUT2D eigenvalue weighted by Gasteiger charge is 2.33. The van der Waals surface area contributed by atoms with Crippen LogP contribution in [0.4, 0.5) is 0 Å². The molecule has 19 heavy (non-hydrogen) atoms. The molecule has 1 aliphatic carbocycles. The van der Waals surface area contributed by atoms with Crippen LogP contribution in [-0.2, 0) is 4.79 Å². The van der Waals surface area contributed by atoms with E-state index in [0.717, 1.165) is 17.3 Å². The van der Waals surface area contributed by atoms with Gasteiger partial charge in [0.1, 0.15) is 11.8 Å². The summed E-state index contributed by atoms with van der Waals surface area (Å²) in [7, 11) is 0. The van der Waals surface area contributed by atoms with Crippen molar-refractivity contribution in [3.05, 3.63) is 28.7 Å². The van der Waals surface area contributed by atoms with Crippen LogP contribution in [0.25, 0.3) is 0 Å². The van der Waals surface area contributed by atoms with Crippen LogP contribution in [0, 0.1) is 17.2 Å². The van der Waals surface area contributed by atoms with Crippen LogP contribution in [0.5, 0.6) is 5.75 Å². The van der Waals surface area contributed by atoms with Crippen molar-refractivity contribution < 1.29 is 9.53 Å². The van der Waals surface area contributed by atoms with E-state index in [1.165, 1.54) is 0 Å². The van der Waals surface area contributed by atoms with Gasteiger partial charge in [-0.25, -0.2) is 0 Å². The number of nitrogens with one attached hydrogen (secondary N) is 1. The number of benzene rings is 1. The molecule has 4 nitrogen and oxygen atoms in total. The van der Waals surface area contributed by atoms with Crippen molar-refractivity contribution in [2.75, 3.05) is 0 Å². The second kappa shape index (κ2) is 6.07. The summed E-state index contributed by atoms with van der Waals surface area (Å²) in [6, 6.07) is 9.09. The van der Waals surface area contributed by atoms with E-state index in [9.17, 15) is 4.79 Å². The first-order chi connectivity index (χ1) is 9.11. The van der Waals surface area contributed by atoms with Crippen LogP contribution in [0.3, 0.4) is 0 Å². The molecule has 0 heterocycles. The normalized spacial score (nSPS) is 17.1. The van der Waals surface area contributed by atoms with Crippen LogP contribution in [-0.4, -0.2) is 18.1 Å². The van der Waals surface area contributed by atoms with Crippen LogP contribution in [0.15, 0.2) is 28.7 Å². The first-order valence-corrected chi connectivity index (χ1v) is 7.02. The van der Waals surface area contributed by atoms with Crippen molar-refractivity contribution in [3.8, 4) is 11.8 Å². The molecule has 1 amide bonds. The highest BCUT2D eigenvalue weighted by molar-refractivity contribution is 9.10. The Morgan fingerprint density at radius 2 is 2.21 bits per heavy atom. The number of rotatable bonds is 5. The molecule has 1 aliphatic rings. The van der Waals surface area contributed by atoms with Crippen molar-refractivity contribution >= 4 is 21.8 Å². The average molecular weight is 323 g/mol. The lowest BCUT2D eigenvalue weighted by Gasteiger charge is -2.17. The fourth-order valence-electron chi connectivity index (χ4n) is 1.74. The van der Waals surface area contributed by atoms with Gasteiger partial charge in [-0.15, -0.1) is 0 Å². The van der Waals surface area contributed by atoms with Gasteiger partial charge < -0.3 is 10.1 Å². The summed E-state index contributed by atoms with van der Waals surface area (Å²) in [5, 5.41) is 11.7. The molecule has 2 unspecified atom stereocenters. The lowest BCUT2D eigenvalue weighted by atomic mass is 10.2. The highest BCUT2D eigenvalue weighted by atomic mass is 79.9. The topological polar surface area (TPSA) is 62.1 Å². The lowest BCUT2D eigenvalue weighted by Crippen LogP contribution is -2.42. The molecule has 0 aliphatic heterocycles. The molecule has 0 aromatic heterocycles. The van der Waals surface area contributed by atoms with Gasteiger partial charge in [0.05, 0.1) is 10.5 Å². The number of nitriles is 1. The van der Waals surface area contributed by atoms with Gasteiger partial charge >= 0.3 is 0 Å². The Morgan fingerprint density at radius 3 is 2.79 bits per heavy atom. The quantitative estimate of drug-likeness (QED) is 0.906. The molecule has 1 saturated carbocycles. The van der Waals surface area contributed by atoms with Gasteiger partial charge in [-0.05, 0) is 53.7 Å². The summed E-state index contributed by atoms with van der Waals surface area (Å²) < 4.78 is 6.38. The number of ether oxygens (including phenoxy) is 1. The third kappa shape index (κ3) is 3.71. The fraction of sp³-hybridized carbons (Fsp3) is 0.429. The number of nitrogens with zero attached hydrogens (tertiary/aromatic N) is 1. The maximum absolute atomic E-state index is 12.0. The van der Waals surface area contributed by atoms with Crippen molar-refractivity contribution in [1.82, 2.24) is 5.32 Å². The fourth-order valence-corrected chi connectivity index (χ4v) is 2.12. The summed E-state index contributed by atoms with van der Waals surface area (Å²) in [5.41, 5.74) is 0. The van der Waals surface area contributed by atoms with Crippen LogP contribution in [0.2, 0.25) is 0 Å². The molecule has 0 spiro atoms. The SMILES string of the molecule is CC(Oc1ccccc1Br)C(=O)NC(C#N)C1CC1. The van der Waals surface area contributed by atoms with Crippen molar-refractivity contribution in [2.45, 2.75) is 31.9 Å². The molecule has 0 radical (unpaired) electrons. The Kier molecular flexibility index (Phi) is 4.43. The molecular formula is C14H15BrN2O2. The predicted octanol–water partition coefficient (Wildman–Crippen LogP) is 2.63. The minimum Gasteiger partial charge on any atom is -0.480 e. The predicted molar refractivity (Wildman–Crippen MR) is 74.5 cm³/mol. The maximum atomic E-state index is 12.0. The Hall–Kier alpha value is -1.54. The lowest BCUT2D eigenvalue weighted by molar-refractivity contribution is -0.127. The Balaban J connectivity index is 1.92. The van der Waals surface area contributed by atoms with E-state index < -0.39 is 12.1 Å². The number of carbonyl (C=O) groups excluding carboxylic acids is 1. The zero-order valence-corrected chi connectivity index (χ0v) is 12.2. The van der Waals surface area contributed by atoms with Crippen molar-refractivity contribution in [2.24, 2.45) is 5.92 Å². The zero-order valence-electron chi connectivity index (χ0n) is 10.6. The summed E-state index contributed by atoms with van der Waals surface area (Å²) >= 11 is 3.36. The Morgan fingerprint density at radius 1 is 1.53 bits per heavy atom. The van der Waals surface area contributed by atoms with Gasteiger partial charge in [-0.3, -0.25) is 4.79 Å². The summed E-state index contributed by atoms with van der Waals surface area (Å²) in [6.07, 6.45) is 1.39. The first kappa shape index (κ1) is 13.9. The largest absolute Gasteiger partial charge is 0.480 e. The summed E-state index contributed by atoms with van der Waals surface area (Å²) in [4.78, 5) is 12.0. The van der Waals surface area contributed by atoms with Gasteiger partial charge in [-0.1, -0.05) is 12.1 Å². The molecule has 1 aromatic carbocycles. The molecule has 0 saturated heterocycles. The van der Waals surface area contributed by atoms with Crippen molar-refractivity contribution in [3.63, 3.8) is 0 Å². The second-order valence-electron chi connectivity index (χ2n) is 4.64. The third-order valence-electron chi connectivity index (χ3n) is 3.04. The molecule has 1 N–H and O–H groups in total. The minimum atomic E-state index is -0.631. The van der Waals surface area contributed by atoms with Crippen molar-refractivity contribution in [1.29, 1.82) is 5.26 Å². The first-order valence-electron chi connectivity index (χ1n) is 6.23. The van der Waals surface area contributed by atoms with E-state index in [2.05, 4.69) is 27.3 Å². The molecule has 2 rings (SSSR count). The highest BCUT2D eigenvalue weighted by Crippen LogP contribution is 2.32. The van der Waals surface area contributed by atoms with E-state index in [1.807, 2.05) is 18.2 Å². The number of amides is 1. The molecule has 2 atom stereocenters. The monoisotopic (exact) mass is 322 g/mol. The van der Waals surface area contributed by atoms with E-state index >= 15 is 0 Å². The Labute approximate surface area is 120 Å². The third-order valence-corrected chi connectivity index (χ3v) is 3.70.